The summed E-state index contributed by atoms with van der Waals surface area (Å²) < 4.78 is 13.4. The summed E-state index contributed by atoms with van der Waals surface area (Å²) in [4.78, 5) is 16.8. The number of rotatable bonds is 7. The van der Waals surface area contributed by atoms with Gasteiger partial charge in [-0.2, -0.15) is 0 Å². The van der Waals surface area contributed by atoms with Crippen LogP contribution in [0, 0.1) is 16.5 Å². The molecule has 0 bridgehead atoms. The van der Waals surface area contributed by atoms with Gasteiger partial charge in [0, 0.05) is 13.2 Å². The van der Waals surface area contributed by atoms with E-state index in [0.717, 1.165) is 58.3 Å². The lowest BCUT2D eigenvalue weighted by Gasteiger charge is -2.32. The number of aromatic nitrogens is 2. The Hall–Kier alpha value is -1.51. The summed E-state index contributed by atoms with van der Waals surface area (Å²) in [5.74, 6) is -0.139. The molecule has 8 heteroatoms. The largest absolute Gasteiger partial charge is 0.434 e. The van der Waals surface area contributed by atoms with Gasteiger partial charge in [-0.1, -0.05) is 4.98 Å². The van der Waals surface area contributed by atoms with Crippen LogP contribution in [-0.2, 0) is 16.0 Å². The third-order valence-electron chi connectivity index (χ3n) is 4.50. The average Bonchev–Trinajstić information content (AvgIpc) is 3.05. The number of ether oxygens (including phenoxy) is 2. The van der Waals surface area contributed by atoms with Crippen LogP contribution in [0.1, 0.15) is 32.1 Å². The number of hydrogen-bond donors (Lipinski definition) is 0. The van der Waals surface area contributed by atoms with Crippen molar-refractivity contribution >= 4 is 5.95 Å². The monoisotopic (exact) mass is 337 g/mol. The fourth-order valence-electron chi connectivity index (χ4n) is 3.29. The van der Waals surface area contributed by atoms with Gasteiger partial charge in [-0.3, -0.25) is 0 Å². The molecule has 0 N–H and O–H groups in total. The fourth-order valence-corrected chi connectivity index (χ4v) is 3.29. The topological polar surface area (TPSA) is 82.7 Å². The number of likely N-dealkylation sites (tertiary alicyclic amines) is 1. The Balaban J connectivity index is 1.65. The maximum absolute atomic E-state index is 11.1. The van der Waals surface area contributed by atoms with Crippen molar-refractivity contribution in [3.05, 3.63) is 28.9 Å². The molecule has 0 spiro atoms. The number of nitrogens with zero attached hydrogens (tertiary/aromatic N) is 4. The Labute approximate surface area is 141 Å². The molecule has 2 aliphatic heterocycles. The minimum absolute atomic E-state index is 0.139. The van der Waals surface area contributed by atoms with E-state index < -0.39 is 4.92 Å². The summed E-state index contributed by atoms with van der Waals surface area (Å²) in [6.07, 6.45) is 10.3. The summed E-state index contributed by atoms with van der Waals surface area (Å²) in [6.45, 7) is 3.91. The Morgan fingerprint density at radius 3 is 2.92 bits per heavy atom. The normalized spacial score (nSPS) is 23.9. The summed E-state index contributed by atoms with van der Waals surface area (Å²) in [5, 5.41) is 11.1. The fraction of sp³-hybridized carbons (Fsp3) is 0.750. The Morgan fingerprint density at radius 1 is 1.38 bits per heavy atom. The van der Waals surface area contributed by atoms with E-state index in [1.165, 1.54) is 6.20 Å². The number of piperidine rings is 1. The maximum atomic E-state index is 11.1. The van der Waals surface area contributed by atoms with Crippen LogP contribution in [0.5, 0.6) is 0 Å². The van der Waals surface area contributed by atoms with Crippen molar-refractivity contribution < 1.29 is 14.4 Å². The molecule has 0 saturated carbocycles. The molecule has 2 saturated heterocycles. The van der Waals surface area contributed by atoms with Gasteiger partial charge in [0.1, 0.15) is 18.5 Å². The molecular weight excluding hydrogens is 312 g/mol. The highest BCUT2D eigenvalue weighted by atomic mass is 16.7. The van der Waals surface area contributed by atoms with Crippen LogP contribution in [-0.4, -0.2) is 58.0 Å². The van der Waals surface area contributed by atoms with E-state index in [9.17, 15) is 10.1 Å². The Kier molecular flexibility index (Phi) is 6.17. The first-order chi connectivity index (χ1) is 11.7. The van der Waals surface area contributed by atoms with Gasteiger partial charge in [0.05, 0.1) is 6.54 Å². The van der Waals surface area contributed by atoms with Crippen molar-refractivity contribution in [1.29, 1.82) is 0 Å². The highest BCUT2D eigenvalue weighted by Crippen LogP contribution is 2.19. The van der Waals surface area contributed by atoms with Crippen molar-refractivity contribution in [3.63, 3.8) is 0 Å². The minimum atomic E-state index is -0.454. The van der Waals surface area contributed by atoms with E-state index in [2.05, 4.69) is 16.3 Å². The molecule has 1 radical (unpaired) electrons. The molecule has 0 aliphatic carbocycles. The first-order valence-electron chi connectivity index (χ1n) is 8.69. The van der Waals surface area contributed by atoms with Gasteiger partial charge in [-0.15, -0.1) is 0 Å². The van der Waals surface area contributed by atoms with E-state index in [-0.39, 0.29) is 18.3 Å². The molecule has 2 fully saturated rings. The second-order valence-electron chi connectivity index (χ2n) is 6.36. The molecule has 0 amide bonds. The molecule has 3 heterocycles. The molecule has 0 aromatic carbocycles. The summed E-state index contributed by atoms with van der Waals surface area (Å²) in [5.41, 5.74) is 0. The molecule has 24 heavy (non-hydrogen) atoms. The van der Waals surface area contributed by atoms with Crippen molar-refractivity contribution in [2.45, 2.75) is 51.0 Å². The van der Waals surface area contributed by atoms with E-state index in [1.54, 1.807) is 10.8 Å². The van der Waals surface area contributed by atoms with E-state index >= 15 is 0 Å². The molecule has 3 rings (SSSR count). The van der Waals surface area contributed by atoms with Gasteiger partial charge < -0.3 is 24.5 Å². The number of nitro groups is 1. The lowest BCUT2D eigenvalue weighted by atomic mass is 10.1. The molecule has 1 aromatic heterocycles. The first kappa shape index (κ1) is 17.3. The summed E-state index contributed by atoms with van der Waals surface area (Å²) in [7, 11) is 0. The van der Waals surface area contributed by atoms with Crippen LogP contribution in [0.4, 0.5) is 5.95 Å². The standard InChI is InChI=1S/C16H25N4O4/c21-20(22)16-17-7-10-19(16)13-14(12-18-8-3-1-4-9-18)24-15-6-2-5-11-23-15/h1,7,10,14-15H,2-6,8-9,11-13H2. The smallest absolute Gasteiger partial charge is 0.390 e. The van der Waals surface area contributed by atoms with E-state index in [1.807, 2.05) is 0 Å². The lowest BCUT2D eigenvalue weighted by molar-refractivity contribution is -0.397. The van der Waals surface area contributed by atoms with E-state index in [4.69, 9.17) is 9.47 Å². The van der Waals surface area contributed by atoms with Gasteiger partial charge in [-0.05, 0) is 56.5 Å². The minimum Gasteiger partial charge on any atom is -0.390 e. The van der Waals surface area contributed by atoms with Gasteiger partial charge in [0.25, 0.3) is 0 Å². The van der Waals surface area contributed by atoms with Gasteiger partial charge >= 0.3 is 5.95 Å². The molecule has 2 aliphatic rings. The molecule has 8 nitrogen and oxygen atoms in total. The predicted molar refractivity (Wildman–Crippen MR) is 87.3 cm³/mol. The van der Waals surface area contributed by atoms with Crippen molar-refractivity contribution in [3.8, 4) is 0 Å². The van der Waals surface area contributed by atoms with Crippen molar-refractivity contribution in [2.75, 3.05) is 26.2 Å². The van der Waals surface area contributed by atoms with Crippen LogP contribution >= 0.6 is 0 Å². The predicted octanol–water partition coefficient (Wildman–Crippen LogP) is 2.00. The molecule has 1 aromatic rings. The number of hydrogen-bond acceptors (Lipinski definition) is 6. The quantitative estimate of drug-likeness (QED) is 0.559. The molecule has 2 unspecified atom stereocenters. The van der Waals surface area contributed by atoms with Crippen LogP contribution in [0.3, 0.4) is 0 Å². The third-order valence-corrected chi connectivity index (χ3v) is 4.50. The van der Waals surface area contributed by atoms with Crippen LogP contribution in [0.15, 0.2) is 12.4 Å². The highest BCUT2D eigenvalue weighted by Gasteiger charge is 2.26. The Bertz CT molecular complexity index is 504. The highest BCUT2D eigenvalue weighted by molar-refractivity contribution is 5.06. The zero-order chi connectivity index (χ0) is 16.8. The van der Waals surface area contributed by atoms with Crippen molar-refractivity contribution in [1.82, 2.24) is 14.5 Å². The number of imidazole rings is 1. The van der Waals surface area contributed by atoms with Gasteiger partial charge in [-0.25, -0.2) is 4.57 Å². The molecular formula is C16H25N4O4. The second kappa shape index (κ2) is 8.55. The van der Waals surface area contributed by atoms with Crippen molar-refractivity contribution in [2.24, 2.45) is 0 Å². The maximum Gasteiger partial charge on any atom is 0.434 e. The lowest BCUT2D eigenvalue weighted by Crippen LogP contribution is -2.42. The third kappa shape index (κ3) is 4.75. The SMILES string of the molecule is O=[N+]([O-])c1nccn1CC(CN1CC[CH]CC1)OC1CCCCO1. The van der Waals surface area contributed by atoms with Crippen LogP contribution < -0.4 is 0 Å². The Morgan fingerprint density at radius 2 is 2.21 bits per heavy atom. The zero-order valence-electron chi connectivity index (χ0n) is 13.9. The summed E-state index contributed by atoms with van der Waals surface area (Å²) in [6, 6.07) is 0. The first-order valence-corrected chi connectivity index (χ1v) is 8.69. The molecule has 133 valence electrons. The van der Waals surface area contributed by atoms with E-state index in [0.29, 0.717) is 6.54 Å². The zero-order valence-corrected chi connectivity index (χ0v) is 13.9. The van der Waals surface area contributed by atoms with Gasteiger partial charge in [0.15, 0.2) is 6.29 Å². The van der Waals surface area contributed by atoms with Crippen LogP contribution in [0.25, 0.3) is 0 Å². The van der Waals surface area contributed by atoms with Crippen LogP contribution in [0.2, 0.25) is 0 Å². The average molecular weight is 337 g/mol. The summed E-state index contributed by atoms with van der Waals surface area (Å²) >= 11 is 0. The van der Waals surface area contributed by atoms with Gasteiger partial charge in [0.2, 0.25) is 0 Å². The molecule has 2 atom stereocenters. The second-order valence-corrected chi connectivity index (χ2v) is 6.36.